The second-order valence-electron chi connectivity index (χ2n) is 19.5. The molecular weight excluding hydrogens is 968 g/mol. The van der Waals surface area contributed by atoms with Gasteiger partial charge in [0.2, 0.25) is 17.7 Å². The first-order valence-corrected chi connectivity index (χ1v) is 26.4. The Kier molecular flexibility index (Phi) is 14.9. The number of hydrogen-bond acceptors (Lipinski definition) is 14. The summed E-state index contributed by atoms with van der Waals surface area (Å²) < 4.78 is 9.44. The molecule has 5 aromatic rings. The Labute approximate surface area is 433 Å². The molecule has 380 valence electrons. The number of nitrogens with one attached hydrogen (secondary N) is 2. The van der Waals surface area contributed by atoms with Crippen LogP contribution in [0.15, 0.2) is 59.9 Å². The number of aryl methyl sites for hydroxylation is 2. The zero-order valence-corrected chi connectivity index (χ0v) is 42.9. The quantitative estimate of drug-likeness (QED) is 0.0633. The Balaban J connectivity index is 0.691. The van der Waals surface area contributed by atoms with E-state index in [0.717, 1.165) is 101 Å². The summed E-state index contributed by atoms with van der Waals surface area (Å²) >= 11 is 7.89. The summed E-state index contributed by atoms with van der Waals surface area (Å²) in [5.74, 6) is 6.97. The number of esters is 1. The highest BCUT2D eigenvalue weighted by Gasteiger charge is 2.40. The van der Waals surface area contributed by atoms with Gasteiger partial charge in [-0.2, -0.15) is 5.10 Å². The molecule has 20 heteroatoms. The third kappa shape index (κ3) is 11.0. The first-order valence-electron chi connectivity index (χ1n) is 25.2. The molecule has 0 radical (unpaired) electrons. The molecule has 5 aliphatic heterocycles. The van der Waals surface area contributed by atoms with Crippen LogP contribution in [0.25, 0.3) is 5.00 Å². The van der Waals surface area contributed by atoms with Gasteiger partial charge in [-0.25, -0.2) is 0 Å². The standard InChI is InChI=1S/C53H59ClN12O6S/c1-33-44(73-53-48(33)49(36-11-13-37(54)14-12-36)57-42(50-60-59-34(2)66(50)53)29-46(68)63-26-24-61(3)25-27-63)16-10-35-30-55-64(31-35)21-5-9-47(69)72-28-6-20-62-22-18-38(19-23-62)56-41-8-4-7-39-40(41)32-65(52(39)71)43-15-17-45(67)58-51(43)70/h4,7-8,11-14,30-31,38,42-43,56H,5-6,9,15,17-29,32H2,1-3H3,(H,58,67,70)/t42-,43?/m0/s1. The molecule has 4 amide bonds. The van der Waals surface area contributed by atoms with Gasteiger partial charge in [-0.05, 0) is 82.8 Å². The van der Waals surface area contributed by atoms with E-state index < -0.39 is 18.0 Å². The Hall–Kier alpha value is -6.72. The van der Waals surface area contributed by atoms with Gasteiger partial charge in [-0.15, -0.1) is 21.5 Å². The van der Waals surface area contributed by atoms with Gasteiger partial charge < -0.3 is 29.7 Å². The lowest BCUT2D eigenvalue weighted by Gasteiger charge is -2.33. The van der Waals surface area contributed by atoms with Gasteiger partial charge in [0, 0.05) is 117 Å². The minimum Gasteiger partial charge on any atom is -0.466 e. The third-order valence-corrected chi connectivity index (χ3v) is 15.9. The minimum absolute atomic E-state index is 0.0449. The molecule has 2 N–H and O–H groups in total. The van der Waals surface area contributed by atoms with Gasteiger partial charge in [0.15, 0.2) is 5.82 Å². The normalized spacial score (nSPS) is 19.3. The number of benzene rings is 2. The van der Waals surface area contributed by atoms with Crippen molar-refractivity contribution in [2.24, 2.45) is 4.99 Å². The molecule has 3 fully saturated rings. The van der Waals surface area contributed by atoms with Gasteiger partial charge >= 0.3 is 5.97 Å². The maximum Gasteiger partial charge on any atom is 0.305 e. The van der Waals surface area contributed by atoms with Crippen molar-refractivity contribution in [3.8, 4) is 16.8 Å². The Morgan fingerprint density at radius 3 is 2.52 bits per heavy atom. The van der Waals surface area contributed by atoms with Crippen LogP contribution in [0.5, 0.6) is 0 Å². The predicted octanol–water partition coefficient (Wildman–Crippen LogP) is 5.30. The number of rotatable bonds is 14. The second kappa shape index (κ2) is 21.8. The molecule has 0 saturated carbocycles. The number of nitrogens with zero attached hydrogens (tertiary/aromatic N) is 10. The number of piperidine rings is 2. The fourth-order valence-corrected chi connectivity index (χ4v) is 11.7. The van der Waals surface area contributed by atoms with E-state index in [1.807, 2.05) is 59.0 Å². The smallest absolute Gasteiger partial charge is 0.305 e. The Bertz CT molecular complexity index is 3030. The molecule has 18 nitrogen and oxygen atoms in total. The summed E-state index contributed by atoms with van der Waals surface area (Å²) in [6.07, 6.45) is 7.82. The average molecular weight is 1030 g/mol. The zero-order chi connectivity index (χ0) is 50.8. The van der Waals surface area contributed by atoms with Crippen molar-refractivity contribution in [2.45, 2.75) is 96.4 Å². The maximum absolute atomic E-state index is 13.7. The molecule has 8 heterocycles. The molecule has 10 rings (SSSR count). The second-order valence-corrected chi connectivity index (χ2v) is 20.9. The number of carbonyl (C=O) groups is 5. The summed E-state index contributed by atoms with van der Waals surface area (Å²) in [7, 11) is 2.07. The highest BCUT2D eigenvalue weighted by molar-refractivity contribution is 7.15. The molecule has 0 bridgehead atoms. The van der Waals surface area contributed by atoms with E-state index in [0.29, 0.717) is 67.9 Å². The SMILES string of the molecule is Cc1c(C#Cc2cnn(CCCC(=O)OCCCN3CCC(Nc4cccc5c4CN(C4CCC(=O)NC4=O)C5=O)CC3)c2)sc2c1C(c1ccc(Cl)cc1)=N[C@@H](CC(=O)N1CCN(C)CC1)c1nnc(C)n1-2. The summed E-state index contributed by atoms with van der Waals surface area (Å²) in [6.45, 7) is 10.9. The first-order chi connectivity index (χ1) is 35.4. The highest BCUT2D eigenvalue weighted by atomic mass is 35.5. The van der Waals surface area contributed by atoms with E-state index in [2.05, 4.69) is 61.5 Å². The molecule has 2 atom stereocenters. The Morgan fingerprint density at radius 2 is 1.74 bits per heavy atom. The Morgan fingerprint density at radius 1 is 0.945 bits per heavy atom. The molecule has 3 saturated heterocycles. The van der Waals surface area contributed by atoms with Crippen LogP contribution in [-0.2, 0) is 37.0 Å². The molecule has 1 unspecified atom stereocenters. The van der Waals surface area contributed by atoms with Crippen molar-refractivity contribution in [2.75, 3.05) is 64.8 Å². The van der Waals surface area contributed by atoms with Crippen molar-refractivity contribution in [1.82, 2.24) is 49.5 Å². The van der Waals surface area contributed by atoms with Gasteiger partial charge in [0.05, 0.1) is 35.4 Å². The lowest BCUT2D eigenvalue weighted by molar-refractivity contribution is -0.144. The largest absolute Gasteiger partial charge is 0.466 e. The first kappa shape index (κ1) is 49.8. The lowest BCUT2D eigenvalue weighted by atomic mass is 9.99. The number of ether oxygens (including phenoxy) is 1. The van der Waals surface area contributed by atoms with Crippen LogP contribution in [0.1, 0.15) is 112 Å². The van der Waals surface area contributed by atoms with Crippen LogP contribution in [0.4, 0.5) is 5.69 Å². The predicted molar refractivity (Wildman–Crippen MR) is 276 cm³/mol. The van der Waals surface area contributed by atoms with E-state index in [-0.39, 0.29) is 49.0 Å². The average Bonchev–Trinajstić information content (AvgIpc) is 4.15. The molecule has 0 aliphatic carbocycles. The van der Waals surface area contributed by atoms with Crippen molar-refractivity contribution in [3.63, 3.8) is 0 Å². The number of aromatic nitrogens is 5. The van der Waals surface area contributed by atoms with Crippen LogP contribution in [0.3, 0.4) is 0 Å². The van der Waals surface area contributed by atoms with Crippen LogP contribution in [0.2, 0.25) is 5.02 Å². The zero-order valence-electron chi connectivity index (χ0n) is 41.4. The van der Waals surface area contributed by atoms with E-state index in [1.54, 1.807) is 33.2 Å². The van der Waals surface area contributed by atoms with Crippen molar-refractivity contribution in [3.05, 3.63) is 110 Å². The van der Waals surface area contributed by atoms with Crippen LogP contribution >= 0.6 is 22.9 Å². The number of thiophene rings is 1. The topological polar surface area (TPSA) is 192 Å². The van der Waals surface area contributed by atoms with Crippen LogP contribution in [0, 0.1) is 25.7 Å². The molecule has 73 heavy (non-hydrogen) atoms. The summed E-state index contributed by atoms with van der Waals surface area (Å²) in [6, 6.07) is 12.3. The minimum atomic E-state index is -0.643. The number of likely N-dealkylation sites (N-methyl/N-ethyl adjacent to an activating group) is 1. The van der Waals surface area contributed by atoms with E-state index in [1.165, 1.54) is 0 Å². The third-order valence-electron chi connectivity index (χ3n) is 14.5. The number of piperazine rings is 1. The number of carbonyl (C=O) groups excluding carboxylic acids is 5. The lowest BCUT2D eigenvalue weighted by Crippen LogP contribution is -2.52. The van der Waals surface area contributed by atoms with Crippen molar-refractivity contribution >= 4 is 63.9 Å². The van der Waals surface area contributed by atoms with E-state index in [9.17, 15) is 24.0 Å². The molecule has 0 spiro atoms. The number of aliphatic imine (C=N–C) groups is 1. The molecular formula is C53H59ClN12O6S. The fourth-order valence-electron chi connectivity index (χ4n) is 10.3. The van der Waals surface area contributed by atoms with Gasteiger partial charge in [-0.3, -0.25) is 43.5 Å². The summed E-state index contributed by atoms with van der Waals surface area (Å²) in [5, 5.41) is 21.1. The van der Waals surface area contributed by atoms with Crippen molar-refractivity contribution < 1.29 is 28.7 Å². The summed E-state index contributed by atoms with van der Waals surface area (Å²) in [5.41, 5.74) is 6.68. The number of hydrogen-bond donors (Lipinski definition) is 2. The number of fused-ring (bicyclic) bond motifs is 4. The molecule has 3 aromatic heterocycles. The molecule has 5 aliphatic rings. The number of likely N-dealkylation sites (tertiary alicyclic amines) is 1. The fraction of sp³-hybridized carbons (Fsp3) is 0.453. The maximum atomic E-state index is 13.7. The number of imide groups is 1. The van der Waals surface area contributed by atoms with E-state index >= 15 is 0 Å². The monoisotopic (exact) mass is 1030 g/mol. The molecule has 2 aromatic carbocycles. The number of anilines is 1. The van der Waals surface area contributed by atoms with Gasteiger partial charge in [0.1, 0.15) is 22.9 Å². The van der Waals surface area contributed by atoms with Gasteiger partial charge in [0.25, 0.3) is 5.91 Å². The van der Waals surface area contributed by atoms with E-state index in [4.69, 9.17) is 21.3 Å². The number of amides is 4. The van der Waals surface area contributed by atoms with Gasteiger partial charge in [-0.1, -0.05) is 41.6 Å². The van der Waals surface area contributed by atoms with Crippen LogP contribution < -0.4 is 10.6 Å². The summed E-state index contributed by atoms with van der Waals surface area (Å²) in [4.78, 5) is 78.2. The number of halogens is 1. The van der Waals surface area contributed by atoms with Crippen LogP contribution in [-0.4, -0.2) is 151 Å². The highest BCUT2D eigenvalue weighted by Crippen LogP contribution is 2.40. The van der Waals surface area contributed by atoms with Crippen molar-refractivity contribution in [1.29, 1.82) is 0 Å².